The summed E-state index contributed by atoms with van der Waals surface area (Å²) < 4.78 is 34.4. The van der Waals surface area contributed by atoms with Crippen molar-refractivity contribution in [3.63, 3.8) is 0 Å². The number of aliphatic hydroxyl groups excluding tert-OH is 1. The lowest BCUT2D eigenvalue weighted by Gasteiger charge is -2.28. The van der Waals surface area contributed by atoms with E-state index in [0.29, 0.717) is 13.0 Å². The Morgan fingerprint density at radius 2 is 1.86 bits per heavy atom. The standard InChI is InChI=1S/C27H32N2O4S.CH2O2/c1-3-33-26-13-7-11-23-24(26)10-4-5-12-25(23)29(2)34(31,32)27-15-14-22(19-28-27)21-9-6-8-20(18-21)16-17-30;2-1-3/h6-9,11,13-15,18-19,25,30H,3-5,10,12,16-17H2,1-2H3;1H,(H,2,3). The lowest BCUT2D eigenvalue weighted by molar-refractivity contribution is -0.122. The van der Waals surface area contributed by atoms with Gasteiger partial charge in [-0.2, -0.15) is 4.31 Å². The van der Waals surface area contributed by atoms with Gasteiger partial charge in [0.05, 0.1) is 12.6 Å². The summed E-state index contributed by atoms with van der Waals surface area (Å²) in [7, 11) is -2.14. The molecule has 3 aromatic rings. The van der Waals surface area contributed by atoms with Crippen molar-refractivity contribution in [2.45, 2.75) is 50.1 Å². The molecule has 0 amide bonds. The Balaban J connectivity index is 0.00000121. The van der Waals surface area contributed by atoms with Crippen LogP contribution in [0.1, 0.15) is 48.9 Å². The van der Waals surface area contributed by atoms with Gasteiger partial charge in [0.1, 0.15) is 5.75 Å². The van der Waals surface area contributed by atoms with Crippen LogP contribution in [0.3, 0.4) is 0 Å². The van der Waals surface area contributed by atoms with E-state index in [-0.39, 0.29) is 24.1 Å². The largest absolute Gasteiger partial charge is 0.494 e. The van der Waals surface area contributed by atoms with Crippen molar-refractivity contribution in [3.05, 3.63) is 77.5 Å². The summed E-state index contributed by atoms with van der Waals surface area (Å²) in [5.41, 5.74) is 4.93. The van der Waals surface area contributed by atoms with Gasteiger partial charge in [-0.3, -0.25) is 4.79 Å². The molecular formula is C28H34N2O6S. The SMILES string of the molecule is CCOc1cccc2c1CCCCC2N(C)S(=O)(=O)c1ccc(-c2cccc(CCO)c2)cn1.O=CO. The second kappa shape index (κ2) is 13.3. The van der Waals surface area contributed by atoms with Gasteiger partial charge in [0.2, 0.25) is 0 Å². The van der Waals surface area contributed by atoms with E-state index in [1.54, 1.807) is 25.4 Å². The zero-order valence-corrected chi connectivity index (χ0v) is 22.0. The molecule has 0 saturated carbocycles. The van der Waals surface area contributed by atoms with Gasteiger partial charge in [0.15, 0.2) is 5.03 Å². The number of aromatic nitrogens is 1. The van der Waals surface area contributed by atoms with Gasteiger partial charge in [-0.1, -0.05) is 42.8 Å². The molecule has 1 aliphatic carbocycles. The van der Waals surface area contributed by atoms with Crippen molar-refractivity contribution in [1.82, 2.24) is 9.29 Å². The third-order valence-corrected chi connectivity index (χ3v) is 8.24. The maximum absolute atomic E-state index is 13.6. The number of sulfonamides is 1. The molecule has 0 radical (unpaired) electrons. The molecule has 1 heterocycles. The molecule has 9 heteroatoms. The molecule has 1 unspecified atom stereocenters. The molecule has 0 bridgehead atoms. The normalized spacial score (nSPS) is 15.2. The summed E-state index contributed by atoms with van der Waals surface area (Å²) >= 11 is 0. The van der Waals surface area contributed by atoms with Crippen LogP contribution in [0.15, 0.2) is 65.8 Å². The van der Waals surface area contributed by atoms with E-state index < -0.39 is 10.0 Å². The van der Waals surface area contributed by atoms with Crippen molar-refractivity contribution >= 4 is 16.5 Å². The predicted octanol–water partition coefficient (Wildman–Crippen LogP) is 4.47. The summed E-state index contributed by atoms with van der Waals surface area (Å²) in [6.07, 6.45) is 5.77. The maximum atomic E-state index is 13.6. The fraction of sp³-hybridized carbons (Fsp3) is 0.357. The van der Waals surface area contributed by atoms with Gasteiger partial charge < -0.3 is 14.9 Å². The van der Waals surface area contributed by atoms with Crippen LogP contribution in [0.25, 0.3) is 11.1 Å². The molecule has 1 aliphatic rings. The topological polar surface area (TPSA) is 117 Å². The number of ether oxygens (including phenoxy) is 1. The summed E-state index contributed by atoms with van der Waals surface area (Å²) in [6, 6.07) is 16.9. The Bertz CT molecular complexity index is 1280. The number of benzene rings is 2. The van der Waals surface area contributed by atoms with Crippen LogP contribution in [0.2, 0.25) is 0 Å². The van der Waals surface area contributed by atoms with E-state index in [2.05, 4.69) is 4.98 Å². The highest BCUT2D eigenvalue weighted by molar-refractivity contribution is 7.89. The van der Waals surface area contributed by atoms with Crippen molar-refractivity contribution in [2.24, 2.45) is 0 Å². The average molecular weight is 527 g/mol. The van der Waals surface area contributed by atoms with E-state index in [1.807, 2.05) is 49.4 Å². The molecule has 2 aromatic carbocycles. The second-order valence-corrected chi connectivity index (χ2v) is 10.6. The number of nitrogens with zero attached hydrogens (tertiary/aromatic N) is 2. The van der Waals surface area contributed by atoms with Crippen LogP contribution >= 0.6 is 0 Å². The van der Waals surface area contributed by atoms with E-state index in [0.717, 1.165) is 59.3 Å². The fourth-order valence-electron chi connectivity index (χ4n) is 4.68. The number of aliphatic hydroxyl groups is 1. The lowest BCUT2D eigenvalue weighted by atomic mass is 9.98. The Labute approximate surface area is 218 Å². The highest BCUT2D eigenvalue weighted by atomic mass is 32.2. The number of hydrogen-bond donors (Lipinski definition) is 2. The summed E-state index contributed by atoms with van der Waals surface area (Å²) in [6.45, 7) is 2.37. The minimum Gasteiger partial charge on any atom is -0.494 e. The molecule has 1 atom stereocenters. The van der Waals surface area contributed by atoms with Gasteiger partial charge >= 0.3 is 0 Å². The lowest BCUT2D eigenvalue weighted by Crippen LogP contribution is -2.32. The fourth-order valence-corrected chi connectivity index (χ4v) is 5.95. The summed E-state index contributed by atoms with van der Waals surface area (Å²) in [5.74, 6) is 0.851. The minimum atomic E-state index is -3.79. The van der Waals surface area contributed by atoms with Crippen LogP contribution in [0, 0.1) is 0 Å². The Morgan fingerprint density at radius 3 is 2.54 bits per heavy atom. The number of hydrogen-bond acceptors (Lipinski definition) is 6. The monoisotopic (exact) mass is 526 g/mol. The molecule has 2 N–H and O–H groups in total. The van der Waals surface area contributed by atoms with Crippen molar-refractivity contribution < 1.29 is 28.2 Å². The van der Waals surface area contributed by atoms with E-state index >= 15 is 0 Å². The van der Waals surface area contributed by atoms with Crippen molar-refractivity contribution in [3.8, 4) is 16.9 Å². The average Bonchev–Trinajstić information content (AvgIpc) is 3.13. The number of pyridine rings is 1. The predicted molar refractivity (Wildman–Crippen MR) is 142 cm³/mol. The van der Waals surface area contributed by atoms with Crippen LogP contribution in [-0.2, 0) is 27.7 Å². The third kappa shape index (κ3) is 6.74. The van der Waals surface area contributed by atoms with Gasteiger partial charge in [-0.25, -0.2) is 13.4 Å². The molecule has 37 heavy (non-hydrogen) atoms. The molecule has 0 spiro atoms. The number of carbonyl (C=O) groups is 1. The zero-order valence-electron chi connectivity index (χ0n) is 21.2. The molecular weight excluding hydrogens is 492 g/mol. The minimum absolute atomic E-state index is 0.0389. The highest BCUT2D eigenvalue weighted by Crippen LogP contribution is 2.39. The molecule has 0 saturated heterocycles. The first-order valence-corrected chi connectivity index (χ1v) is 13.8. The number of carboxylic acid groups (broad SMARTS) is 1. The zero-order chi connectivity index (χ0) is 26.8. The molecule has 0 aliphatic heterocycles. The van der Waals surface area contributed by atoms with E-state index in [4.69, 9.17) is 14.6 Å². The van der Waals surface area contributed by atoms with Crippen LogP contribution in [0.4, 0.5) is 0 Å². The van der Waals surface area contributed by atoms with E-state index in [9.17, 15) is 13.5 Å². The third-order valence-electron chi connectivity index (χ3n) is 6.46. The quantitative estimate of drug-likeness (QED) is 0.328. The Hall–Kier alpha value is -3.27. The van der Waals surface area contributed by atoms with Gasteiger partial charge in [-0.15, -0.1) is 0 Å². The summed E-state index contributed by atoms with van der Waals surface area (Å²) in [4.78, 5) is 12.7. The van der Waals surface area contributed by atoms with E-state index in [1.165, 1.54) is 4.31 Å². The van der Waals surface area contributed by atoms with Gasteiger partial charge in [0.25, 0.3) is 16.5 Å². The van der Waals surface area contributed by atoms with Crippen molar-refractivity contribution in [2.75, 3.05) is 20.3 Å². The smallest absolute Gasteiger partial charge is 0.290 e. The first-order valence-electron chi connectivity index (χ1n) is 12.3. The van der Waals surface area contributed by atoms with Crippen LogP contribution in [-0.4, -0.2) is 54.7 Å². The molecule has 0 fully saturated rings. The maximum Gasteiger partial charge on any atom is 0.290 e. The second-order valence-electron chi connectivity index (χ2n) is 8.70. The summed E-state index contributed by atoms with van der Waals surface area (Å²) in [5, 5.41) is 16.1. The Kier molecular flexibility index (Phi) is 10.2. The number of rotatable bonds is 8. The molecule has 1 aromatic heterocycles. The van der Waals surface area contributed by atoms with Gasteiger partial charge in [-0.05, 0) is 73.1 Å². The molecule has 4 rings (SSSR count). The van der Waals surface area contributed by atoms with Crippen molar-refractivity contribution in [1.29, 1.82) is 0 Å². The van der Waals surface area contributed by atoms with Crippen LogP contribution in [0.5, 0.6) is 5.75 Å². The molecule has 8 nitrogen and oxygen atoms in total. The molecule has 198 valence electrons. The number of fused-ring (bicyclic) bond motifs is 1. The first-order chi connectivity index (χ1) is 17.9. The Morgan fingerprint density at radius 1 is 1.11 bits per heavy atom. The first kappa shape index (κ1) is 28.3. The van der Waals surface area contributed by atoms with Crippen LogP contribution < -0.4 is 4.74 Å². The highest BCUT2D eigenvalue weighted by Gasteiger charge is 2.33. The van der Waals surface area contributed by atoms with Gasteiger partial charge in [0, 0.05) is 25.4 Å².